The van der Waals surface area contributed by atoms with Gasteiger partial charge < -0.3 is 15.4 Å². The van der Waals surface area contributed by atoms with E-state index < -0.39 is 17.5 Å². The Morgan fingerprint density at radius 2 is 1.74 bits per heavy atom. The van der Waals surface area contributed by atoms with E-state index in [9.17, 15) is 14.4 Å². The Morgan fingerprint density at radius 1 is 1.11 bits per heavy atom. The summed E-state index contributed by atoms with van der Waals surface area (Å²) in [4.78, 5) is 38.7. The molecule has 1 saturated carbocycles. The number of urea groups is 1. The van der Waals surface area contributed by atoms with E-state index in [1.165, 1.54) is 6.42 Å². The van der Waals surface area contributed by atoms with Crippen molar-refractivity contribution in [2.45, 2.75) is 57.4 Å². The minimum absolute atomic E-state index is 0.267. The summed E-state index contributed by atoms with van der Waals surface area (Å²) < 4.78 is 5.37. The molecule has 0 radical (unpaired) electrons. The monoisotopic (exact) mass is 373 g/mol. The minimum atomic E-state index is -0.822. The van der Waals surface area contributed by atoms with Gasteiger partial charge in [0.05, 0.1) is 6.61 Å². The Labute approximate surface area is 159 Å². The van der Waals surface area contributed by atoms with E-state index in [0.717, 1.165) is 36.3 Å². The van der Waals surface area contributed by atoms with E-state index in [1.54, 1.807) is 24.3 Å². The van der Waals surface area contributed by atoms with Crippen LogP contribution in [0.4, 0.5) is 10.5 Å². The zero-order valence-electron chi connectivity index (χ0n) is 15.8. The summed E-state index contributed by atoms with van der Waals surface area (Å²) in [7, 11) is 0. The van der Waals surface area contributed by atoms with Crippen LogP contribution in [0.15, 0.2) is 24.3 Å². The largest absolute Gasteiger partial charge is 0.494 e. The number of ether oxygens (including phenoxy) is 1. The molecule has 0 aromatic heterocycles. The number of imide groups is 1. The van der Waals surface area contributed by atoms with Gasteiger partial charge in [0.15, 0.2) is 0 Å². The molecule has 1 aromatic carbocycles. The Kier molecular flexibility index (Phi) is 5.98. The van der Waals surface area contributed by atoms with Gasteiger partial charge in [0.25, 0.3) is 5.91 Å². The number of hydrogen-bond acceptors (Lipinski definition) is 4. The molecule has 1 aliphatic carbocycles. The first kappa shape index (κ1) is 19.2. The highest BCUT2D eigenvalue weighted by Crippen LogP contribution is 2.32. The molecule has 146 valence electrons. The quantitative estimate of drug-likeness (QED) is 0.777. The van der Waals surface area contributed by atoms with Crippen molar-refractivity contribution >= 4 is 23.5 Å². The number of nitrogens with zero attached hydrogens (tertiary/aromatic N) is 1. The van der Waals surface area contributed by atoms with Crippen LogP contribution in [0.3, 0.4) is 0 Å². The van der Waals surface area contributed by atoms with Gasteiger partial charge in [-0.3, -0.25) is 14.5 Å². The zero-order chi connectivity index (χ0) is 19.3. The highest BCUT2D eigenvalue weighted by atomic mass is 16.5. The number of rotatable bonds is 5. The lowest BCUT2D eigenvalue weighted by Gasteiger charge is -2.28. The number of carbonyl (C=O) groups is 3. The molecule has 2 aliphatic rings. The van der Waals surface area contributed by atoms with Crippen LogP contribution >= 0.6 is 0 Å². The molecule has 4 amide bonds. The van der Waals surface area contributed by atoms with Crippen LogP contribution in [0, 0.1) is 0 Å². The van der Waals surface area contributed by atoms with E-state index >= 15 is 0 Å². The third kappa shape index (κ3) is 4.40. The van der Waals surface area contributed by atoms with Gasteiger partial charge in [-0.05, 0) is 44.0 Å². The predicted molar refractivity (Wildman–Crippen MR) is 102 cm³/mol. The first-order chi connectivity index (χ1) is 13.0. The summed E-state index contributed by atoms with van der Waals surface area (Å²) in [5, 5.41) is 5.59. The predicted octanol–water partition coefficient (Wildman–Crippen LogP) is 3.06. The molecule has 0 unspecified atom stereocenters. The molecule has 27 heavy (non-hydrogen) atoms. The molecule has 1 spiro atoms. The standard InChI is InChI=1S/C20H27N3O4/c1-2-27-16-10-8-15(9-11-16)21-17(24)14-23-18(25)20(22-19(23)26)12-6-4-3-5-7-13-20/h8-11H,2-7,12-14H2,1H3,(H,21,24)(H,22,26). The second kappa shape index (κ2) is 8.41. The molecular weight excluding hydrogens is 346 g/mol. The molecule has 3 rings (SSSR count). The van der Waals surface area contributed by atoms with Crippen molar-refractivity contribution in [3.05, 3.63) is 24.3 Å². The molecule has 1 aliphatic heterocycles. The molecule has 7 heteroatoms. The third-order valence-electron chi connectivity index (χ3n) is 5.20. The topological polar surface area (TPSA) is 87.7 Å². The smallest absolute Gasteiger partial charge is 0.325 e. The van der Waals surface area contributed by atoms with Crippen molar-refractivity contribution in [3.8, 4) is 5.75 Å². The van der Waals surface area contributed by atoms with Crippen LogP contribution in [0.1, 0.15) is 51.9 Å². The van der Waals surface area contributed by atoms with E-state index in [1.807, 2.05) is 6.92 Å². The normalized spacial score (nSPS) is 19.4. The van der Waals surface area contributed by atoms with Gasteiger partial charge >= 0.3 is 6.03 Å². The summed E-state index contributed by atoms with van der Waals surface area (Å²) in [6.45, 7) is 2.19. The fourth-order valence-corrected chi connectivity index (χ4v) is 3.81. The molecule has 2 fully saturated rings. The maximum absolute atomic E-state index is 12.9. The van der Waals surface area contributed by atoms with Gasteiger partial charge in [0, 0.05) is 5.69 Å². The van der Waals surface area contributed by atoms with Gasteiger partial charge in [0.1, 0.15) is 17.8 Å². The van der Waals surface area contributed by atoms with Crippen LogP contribution in [-0.2, 0) is 9.59 Å². The van der Waals surface area contributed by atoms with E-state index in [-0.39, 0.29) is 12.5 Å². The molecule has 1 heterocycles. The van der Waals surface area contributed by atoms with Gasteiger partial charge in [0.2, 0.25) is 5.91 Å². The molecule has 0 bridgehead atoms. The fraction of sp³-hybridized carbons (Fsp3) is 0.550. The van der Waals surface area contributed by atoms with Gasteiger partial charge in [-0.15, -0.1) is 0 Å². The maximum Gasteiger partial charge on any atom is 0.325 e. The lowest BCUT2D eigenvalue weighted by atomic mass is 9.84. The molecule has 0 atom stereocenters. The molecule has 7 nitrogen and oxygen atoms in total. The van der Waals surface area contributed by atoms with Crippen LogP contribution in [0.25, 0.3) is 0 Å². The fourth-order valence-electron chi connectivity index (χ4n) is 3.81. The highest BCUT2D eigenvalue weighted by Gasteiger charge is 2.50. The zero-order valence-corrected chi connectivity index (χ0v) is 15.8. The first-order valence-corrected chi connectivity index (χ1v) is 9.71. The van der Waals surface area contributed by atoms with Crippen molar-refractivity contribution in [1.29, 1.82) is 0 Å². The van der Waals surface area contributed by atoms with Crippen LogP contribution in [-0.4, -0.2) is 41.4 Å². The van der Waals surface area contributed by atoms with Crippen molar-refractivity contribution in [2.24, 2.45) is 0 Å². The summed E-state index contributed by atoms with van der Waals surface area (Å²) in [5.41, 5.74) is -0.229. The number of anilines is 1. The van der Waals surface area contributed by atoms with Crippen LogP contribution in [0.5, 0.6) is 5.75 Å². The minimum Gasteiger partial charge on any atom is -0.494 e. The number of benzene rings is 1. The molecule has 1 aromatic rings. The number of hydrogen-bond donors (Lipinski definition) is 2. The van der Waals surface area contributed by atoms with Crippen LogP contribution < -0.4 is 15.4 Å². The highest BCUT2D eigenvalue weighted by molar-refractivity contribution is 6.10. The SMILES string of the molecule is CCOc1ccc(NC(=O)CN2C(=O)NC3(CCCCCCC3)C2=O)cc1. The molecule has 1 saturated heterocycles. The second-order valence-electron chi connectivity index (χ2n) is 7.18. The Bertz CT molecular complexity index is 694. The Morgan fingerprint density at radius 3 is 2.37 bits per heavy atom. The second-order valence-corrected chi connectivity index (χ2v) is 7.18. The lowest BCUT2D eigenvalue weighted by molar-refractivity contribution is -0.134. The van der Waals surface area contributed by atoms with Crippen molar-refractivity contribution in [1.82, 2.24) is 10.2 Å². The van der Waals surface area contributed by atoms with Gasteiger partial charge in [-0.2, -0.15) is 0 Å². The van der Waals surface area contributed by atoms with Gasteiger partial charge in [-0.25, -0.2) is 4.79 Å². The van der Waals surface area contributed by atoms with Crippen LogP contribution in [0.2, 0.25) is 0 Å². The third-order valence-corrected chi connectivity index (χ3v) is 5.20. The van der Waals surface area contributed by atoms with Crippen molar-refractivity contribution in [2.75, 3.05) is 18.5 Å². The Hall–Kier alpha value is -2.57. The summed E-state index contributed by atoms with van der Waals surface area (Å²) in [6, 6.07) is 6.51. The maximum atomic E-state index is 12.9. The van der Waals surface area contributed by atoms with Gasteiger partial charge in [-0.1, -0.05) is 32.1 Å². The summed E-state index contributed by atoms with van der Waals surface area (Å²) >= 11 is 0. The first-order valence-electron chi connectivity index (χ1n) is 9.71. The number of carbonyl (C=O) groups excluding carboxylic acids is 3. The average Bonchev–Trinajstić information content (AvgIpc) is 2.85. The summed E-state index contributed by atoms with van der Waals surface area (Å²) in [6.07, 6.45) is 6.44. The van der Waals surface area contributed by atoms with E-state index in [4.69, 9.17) is 4.74 Å². The average molecular weight is 373 g/mol. The number of amides is 4. The molecule has 2 N–H and O–H groups in total. The number of nitrogens with one attached hydrogen (secondary N) is 2. The Balaban J connectivity index is 1.61. The molecular formula is C20H27N3O4. The van der Waals surface area contributed by atoms with E-state index in [0.29, 0.717) is 25.1 Å². The lowest BCUT2D eigenvalue weighted by Crippen LogP contribution is -2.47. The summed E-state index contributed by atoms with van der Waals surface area (Å²) in [5.74, 6) is 0.0534. The van der Waals surface area contributed by atoms with Crippen molar-refractivity contribution < 1.29 is 19.1 Å². The van der Waals surface area contributed by atoms with Crippen molar-refractivity contribution in [3.63, 3.8) is 0 Å². The van der Waals surface area contributed by atoms with E-state index in [2.05, 4.69) is 10.6 Å².